The summed E-state index contributed by atoms with van der Waals surface area (Å²) in [6.07, 6.45) is 24.0. The molecule has 36 heavy (non-hydrogen) atoms. The molecule has 4 rings (SSSR count). The number of rotatable bonds is 12. The molecule has 9 atom stereocenters. The quantitative estimate of drug-likeness (QED) is 0.293. The van der Waals surface area contributed by atoms with Gasteiger partial charge in [0.2, 0.25) is 0 Å². The molecule has 0 bridgehead atoms. The average Bonchev–Trinajstić information content (AvgIpc) is 3.12. The molecule has 1 N–H and O–H groups in total. The van der Waals surface area contributed by atoms with Crippen molar-refractivity contribution in [2.45, 2.75) is 131 Å². The summed E-state index contributed by atoms with van der Waals surface area (Å²) in [4.78, 5) is 12.2. The second-order valence-electron chi connectivity index (χ2n) is 14.4. The molecule has 204 valence electrons. The minimum atomic E-state index is -0.114. The largest absolute Gasteiger partial charge is 0.393 e. The lowest BCUT2D eigenvalue weighted by Gasteiger charge is -2.55. The molecule has 0 aromatic heterocycles. The molecule has 0 spiro atoms. The van der Waals surface area contributed by atoms with Gasteiger partial charge in [-0.1, -0.05) is 97.6 Å². The SMILES string of the molecule is CC(C)CCCC(C)CCCC(C)CCCC1CC2=CC(=O)C=C[C@@H]2[C@H]2CC[C@]3(C)C(O)CC[C@H]3[C@H]12. The van der Waals surface area contributed by atoms with E-state index in [0.717, 1.165) is 42.9 Å². The molecule has 0 amide bonds. The normalized spacial score (nSPS) is 37.3. The first-order valence-corrected chi connectivity index (χ1v) is 15.8. The van der Waals surface area contributed by atoms with Gasteiger partial charge in [-0.3, -0.25) is 4.79 Å². The summed E-state index contributed by atoms with van der Waals surface area (Å²) in [6.45, 7) is 12.0. The zero-order valence-electron chi connectivity index (χ0n) is 24.2. The van der Waals surface area contributed by atoms with Gasteiger partial charge in [0.1, 0.15) is 0 Å². The van der Waals surface area contributed by atoms with Crippen molar-refractivity contribution < 1.29 is 9.90 Å². The highest BCUT2D eigenvalue weighted by Crippen LogP contribution is 2.63. The van der Waals surface area contributed by atoms with Gasteiger partial charge in [0.15, 0.2) is 5.78 Å². The third-order valence-corrected chi connectivity index (χ3v) is 11.2. The molecule has 3 saturated carbocycles. The van der Waals surface area contributed by atoms with Crippen LogP contribution in [0.5, 0.6) is 0 Å². The molecule has 4 unspecified atom stereocenters. The van der Waals surface area contributed by atoms with Crippen LogP contribution in [0.25, 0.3) is 0 Å². The fourth-order valence-corrected chi connectivity index (χ4v) is 9.00. The fraction of sp³-hybridized carbons (Fsp3) is 0.853. The van der Waals surface area contributed by atoms with E-state index >= 15 is 0 Å². The monoisotopic (exact) mass is 496 g/mol. The highest BCUT2D eigenvalue weighted by atomic mass is 16.3. The molecule has 4 aliphatic rings. The lowest BCUT2D eigenvalue weighted by Crippen LogP contribution is -2.50. The summed E-state index contributed by atoms with van der Waals surface area (Å²) in [5, 5.41) is 10.9. The van der Waals surface area contributed by atoms with Crippen molar-refractivity contribution in [3.05, 3.63) is 23.8 Å². The van der Waals surface area contributed by atoms with Gasteiger partial charge in [-0.15, -0.1) is 0 Å². The van der Waals surface area contributed by atoms with E-state index in [-0.39, 0.29) is 17.3 Å². The van der Waals surface area contributed by atoms with Crippen molar-refractivity contribution in [1.29, 1.82) is 0 Å². The predicted octanol–water partition coefficient (Wildman–Crippen LogP) is 8.93. The van der Waals surface area contributed by atoms with E-state index in [1.807, 2.05) is 12.2 Å². The minimum absolute atomic E-state index is 0.114. The molecule has 0 aliphatic heterocycles. The molecule has 0 heterocycles. The molecular formula is C34H56O2. The van der Waals surface area contributed by atoms with E-state index in [1.54, 1.807) is 0 Å². The van der Waals surface area contributed by atoms with Crippen LogP contribution in [-0.4, -0.2) is 17.0 Å². The second-order valence-corrected chi connectivity index (χ2v) is 14.4. The zero-order chi connectivity index (χ0) is 25.9. The molecule has 2 heteroatoms. The van der Waals surface area contributed by atoms with Crippen molar-refractivity contribution in [2.75, 3.05) is 0 Å². The van der Waals surface area contributed by atoms with E-state index in [4.69, 9.17) is 0 Å². The first kappa shape index (κ1) is 28.1. The number of fused-ring (bicyclic) bond motifs is 5. The Bertz CT molecular complexity index is 793. The van der Waals surface area contributed by atoms with Gasteiger partial charge in [0.25, 0.3) is 0 Å². The van der Waals surface area contributed by atoms with Crippen LogP contribution in [0.3, 0.4) is 0 Å². The van der Waals surface area contributed by atoms with Crippen LogP contribution < -0.4 is 0 Å². The highest BCUT2D eigenvalue weighted by Gasteiger charge is 2.57. The summed E-state index contributed by atoms with van der Waals surface area (Å²) >= 11 is 0. The molecule has 4 aliphatic carbocycles. The van der Waals surface area contributed by atoms with Crippen molar-refractivity contribution in [2.24, 2.45) is 52.8 Å². The topological polar surface area (TPSA) is 37.3 Å². The van der Waals surface area contributed by atoms with E-state index in [1.165, 1.54) is 76.2 Å². The van der Waals surface area contributed by atoms with Crippen LogP contribution in [-0.2, 0) is 4.79 Å². The third kappa shape index (κ3) is 6.39. The number of carbonyl (C=O) groups excluding carboxylic acids is 1. The van der Waals surface area contributed by atoms with Crippen LogP contribution in [0.2, 0.25) is 0 Å². The smallest absolute Gasteiger partial charge is 0.178 e. The Hall–Kier alpha value is -0.890. The van der Waals surface area contributed by atoms with Crippen LogP contribution >= 0.6 is 0 Å². The summed E-state index contributed by atoms with van der Waals surface area (Å²) in [6, 6.07) is 0. The van der Waals surface area contributed by atoms with Crippen LogP contribution in [0.4, 0.5) is 0 Å². The molecule has 0 radical (unpaired) electrons. The number of ketones is 1. The number of hydrogen-bond donors (Lipinski definition) is 1. The lowest BCUT2D eigenvalue weighted by molar-refractivity contribution is -0.111. The van der Waals surface area contributed by atoms with Crippen molar-refractivity contribution in [3.63, 3.8) is 0 Å². The van der Waals surface area contributed by atoms with Crippen LogP contribution in [0.15, 0.2) is 23.8 Å². The van der Waals surface area contributed by atoms with Crippen molar-refractivity contribution in [1.82, 2.24) is 0 Å². The predicted molar refractivity (Wildman–Crippen MR) is 152 cm³/mol. The standard InChI is InChI=1S/C34H56O2/c1-23(2)9-6-10-24(3)11-7-12-25(4)13-8-14-26-21-27-22-28(35)15-16-29(27)30-19-20-34(5)31(33(26)30)17-18-32(34)36/h15-16,22-26,29-33,36H,6-14,17-21H2,1-5H3/t24?,25?,26?,29-,30+,31-,32?,33+,34-/m0/s1. The minimum Gasteiger partial charge on any atom is -0.393 e. The van der Waals surface area contributed by atoms with Gasteiger partial charge in [-0.25, -0.2) is 0 Å². The van der Waals surface area contributed by atoms with Gasteiger partial charge in [0.05, 0.1) is 6.10 Å². The van der Waals surface area contributed by atoms with Gasteiger partial charge in [-0.2, -0.15) is 0 Å². The zero-order valence-corrected chi connectivity index (χ0v) is 24.2. The van der Waals surface area contributed by atoms with E-state index in [9.17, 15) is 9.90 Å². The summed E-state index contributed by atoms with van der Waals surface area (Å²) < 4.78 is 0. The summed E-state index contributed by atoms with van der Waals surface area (Å²) in [7, 11) is 0. The van der Waals surface area contributed by atoms with Crippen molar-refractivity contribution >= 4 is 5.78 Å². The summed E-state index contributed by atoms with van der Waals surface area (Å²) in [5.74, 6) is 5.98. The lowest BCUT2D eigenvalue weighted by atomic mass is 9.49. The number of allylic oxidation sites excluding steroid dienone is 4. The Morgan fingerprint density at radius 2 is 1.61 bits per heavy atom. The van der Waals surface area contributed by atoms with Gasteiger partial charge >= 0.3 is 0 Å². The maximum absolute atomic E-state index is 12.2. The third-order valence-electron chi connectivity index (χ3n) is 11.2. The average molecular weight is 497 g/mol. The number of hydrogen-bond acceptors (Lipinski definition) is 2. The Kier molecular flexibility index (Phi) is 9.62. The molecule has 0 aromatic carbocycles. The first-order valence-electron chi connectivity index (χ1n) is 15.8. The maximum Gasteiger partial charge on any atom is 0.178 e. The first-order chi connectivity index (χ1) is 17.2. The molecule has 0 saturated heterocycles. The molecule has 3 fully saturated rings. The molecular weight excluding hydrogens is 440 g/mol. The Labute approximate surface area is 222 Å². The second kappa shape index (κ2) is 12.3. The van der Waals surface area contributed by atoms with Gasteiger partial charge < -0.3 is 5.11 Å². The van der Waals surface area contributed by atoms with E-state index in [0.29, 0.717) is 23.7 Å². The van der Waals surface area contributed by atoms with Crippen LogP contribution in [0, 0.1) is 52.8 Å². The Morgan fingerprint density at radius 3 is 2.31 bits per heavy atom. The highest BCUT2D eigenvalue weighted by molar-refractivity contribution is 6.00. The van der Waals surface area contributed by atoms with Gasteiger partial charge in [0, 0.05) is 5.92 Å². The van der Waals surface area contributed by atoms with Crippen molar-refractivity contribution in [3.8, 4) is 0 Å². The van der Waals surface area contributed by atoms with E-state index < -0.39 is 0 Å². The van der Waals surface area contributed by atoms with Gasteiger partial charge in [-0.05, 0) is 97.5 Å². The number of aliphatic hydroxyl groups excluding tert-OH is 1. The molecule has 2 nitrogen and oxygen atoms in total. The van der Waals surface area contributed by atoms with Crippen LogP contribution in [0.1, 0.15) is 125 Å². The number of aliphatic hydroxyl groups is 1. The Balaban J connectivity index is 1.29. The summed E-state index contributed by atoms with van der Waals surface area (Å²) in [5.41, 5.74) is 1.55. The Morgan fingerprint density at radius 1 is 0.944 bits per heavy atom. The fourth-order valence-electron chi connectivity index (χ4n) is 9.00. The number of carbonyl (C=O) groups is 1. The maximum atomic E-state index is 12.2. The molecule has 0 aromatic rings. The van der Waals surface area contributed by atoms with E-state index in [2.05, 4.69) is 40.7 Å².